The van der Waals surface area contributed by atoms with Gasteiger partial charge in [-0.2, -0.15) is 0 Å². The summed E-state index contributed by atoms with van der Waals surface area (Å²) >= 11 is 0. The average molecular weight is 270 g/mol. The van der Waals surface area contributed by atoms with Crippen LogP contribution >= 0.6 is 0 Å². The lowest BCUT2D eigenvalue weighted by Crippen LogP contribution is -2.45. The molecule has 1 saturated heterocycles. The van der Waals surface area contributed by atoms with Gasteiger partial charge in [0.25, 0.3) is 0 Å². The molecule has 2 fully saturated rings. The normalized spacial score (nSPS) is 28.0. The number of carboxylic acids is 1. The van der Waals surface area contributed by atoms with Crippen molar-refractivity contribution in [3.63, 3.8) is 0 Å². The molecule has 1 saturated carbocycles. The zero-order chi connectivity index (χ0) is 13.7. The second-order valence-electron chi connectivity index (χ2n) is 5.35. The summed E-state index contributed by atoms with van der Waals surface area (Å²) in [4.78, 5) is 22.4. The quantitative estimate of drug-likeness (QED) is 0.717. The largest absolute Gasteiger partial charge is 0.479 e. The van der Waals surface area contributed by atoms with Crippen LogP contribution in [0.25, 0.3) is 0 Å². The van der Waals surface area contributed by atoms with Gasteiger partial charge in [0, 0.05) is 12.6 Å². The van der Waals surface area contributed by atoms with Crippen molar-refractivity contribution >= 4 is 12.0 Å². The first-order valence-electron chi connectivity index (χ1n) is 7.08. The summed E-state index contributed by atoms with van der Waals surface area (Å²) in [6.07, 6.45) is 6.02. The first kappa shape index (κ1) is 14.1. The highest BCUT2D eigenvalue weighted by Crippen LogP contribution is 2.19. The van der Waals surface area contributed by atoms with E-state index in [1.807, 2.05) is 0 Å². The van der Waals surface area contributed by atoms with Crippen molar-refractivity contribution in [3.05, 3.63) is 0 Å². The second-order valence-corrected chi connectivity index (χ2v) is 5.35. The van der Waals surface area contributed by atoms with Crippen LogP contribution in [0.5, 0.6) is 0 Å². The fourth-order valence-electron chi connectivity index (χ4n) is 2.73. The predicted molar refractivity (Wildman–Crippen MR) is 68.9 cm³/mol. The summed E-state index contributed by atoms with van der Waals surface area (Å²) in [6, 6.07) is 0.110. The lowest BCUT2D eigenvalue weighted by Gasteiger charge is -2.23. The minimum Gasteiger partial charge on any atom is -0.479 e. The van der Waals surface area contributed by atoms with Crippen molar-refractivity contribution in [1.29, 1.82) is 0 Å². The summed E-state index contributed by atoms with van der Waals surface area (Å²) in [5, 5.41) is 14.5. The number of urea groups is 1. The Balaban J connectivity index is 1.62. The Morgan fingerprint density at radius 2 is 1.84 bits per heavy atom. The number of hydrogen-bond acceptors (Lipinski definition) is 3. The van der Waals surface area contributed by atoms with E-state index in [4.69, 9.17) is 9.84 Å². The molecule has 1 heterocycles. The summed E-state index contributed by atoms with van der Waals surface area (Å²) in [5.74, 6) is -0.922. The van der Waals surface area contributed by atoms with Gasteiger partial charge in [-0.15, -0.1) is 0 Å². The molecule has 0 spiro atoms. The van der Waals surface area contributed by atoms with Crippen molar-refractivity contribution in [3.8, 4) is 0 Å². The molecule has 2 amide bonds. The average Bonchev–Trinajstić information content (AvgIpc) is 2.86. The van der Waals surface area contributed by atoms with Crippen LogP contribution in [0.4, 0.5) is 4.79 Å². The van der Waals surface area contributed by atoms with Crippen LogP contribution in [-0.4, -0.2) is 41.9 Å². The van der Waals surface area contributed by atoms with Crippen LogP contribution in [0, 0.1) is 0 Å². The van der Waals surface area contributed by atoms with Crippen molar-refractivity contribution in [2.75, 3.05) is 6.54 Å². The highest BCUT2D eigenvalue weighted by atomic mass is 16.5. The van der Waals surface area contributed by atoms with E-state index in [-0.39, 0.29) is 18.2 Å². The molecular formula is C13H22N2O4. The van der Waals surface area contributed by atoms with E-state index in [9.17, 15) is 9.59 Å². The van der Waals surface area contributed by atoms with Crippen LogP contribution in [-0.2, 0) is 9.53 Å². The molecule has 0 aromatic carbocycles. The van der Waals surface area contributed by atoms with Crippen LogP contribution < -0.4 is 10.6 Å². The molecule has 19 heavy (non-hydrogen) atoms. The van der Waals surface area contributed by atoms with E-state index in [2.05, 4.69) is 10.6 Å². The van der Waals surface area contributed by atoms with Gasteiger partial charge in [-0.1, -0.05) is 19.3 Å². The van der Waals surface area contributed by atoms with Gasteiger partial charge in [0.2, 0.25) is 0 Å². The lowest BCUT2D eigenvalue weighted by atomic mass is 9.96. The standard InChI is InChI=1S/C13H22N2O4/c16-12(17)11-7-6-10(19-11)8-14-13(18)15-9-4-2-1-3-5-9/h9-11H,1-8H2,(H,16,17)(H2,14,15,18). The maximum Gasteiger partial charge on any atom is 0.332 e. The Hall–Kier alpha value is -1.30. The number of carbonyl (C=O) groups excluding carboxylic acids is 1. The van der Waals surface area contributed by atoms with Crippen LogP contribution in [0.3, 0.4) is 0 Å². The minimum absolute atomic E-state index is 0.172. The predicted octanol–water partition coefficient (Wildman–Crippen LogP) is 1.25. The van der Waals surface area contributed by atoms with E-state index < -0.39 is 12.1 Å². The SMILES string of the molecule is O=C(NCC1CCC(C(=O)O)O1)NC1CCCCC1. The molecule has 2 atom stereocenters. The van der Waals surface area contributed by atoms with Gasteiger partial charge in [0.05, 0.1) is 6.10 Å². The highest BCUT2D eigenvalue weighted by molar-refractivity contribution is 5.74. The summed E-state index contributed by atoms with van der Waals surface area (Å²) < 4.78 is 5.32. The number of amides is 2. The molecule has 1 aliphatic heterocycles. The van der Waals surface area contributed by atoms with Gasteiger partial charge in [-0.3, -0.25) is 0 Å². The number of hydrogen-bond donors (Lipinski definition) is 3. The zero-order valence-corrected chi connectivity index (χ0v) is 11.1. The Kier molecular flexibility index (Phi) is 5.01. The Labute approximate surface area is 112 Å². The molecule has 2 unspecified atom stereocenters. The second kappa shape index (κ2) is 6.75. The van der Waals surface area contributed by atoms with Crippen molar-refractivity contribution in [1.82, 2.24) is 10.6 Å². The molecule has 108 valence electrons. The van der Waals surface area contributed by atoms with Crippen LogP contribution in [0.1, 0.15) is 44.9 Å². The lowest BCUT2D eigenvalue weighted by molar-refractivity contribution is -0.149. The zero-order valence-electron chi connectivity index (χ0n) is 11.1. The van der Waals surface area contributed by atoms with Crippen molar-refractivity contribution in [2.24, 2.45) is 0 Å². The van der Waals surface area contributed by atoms with E-state index in [0.29, 0.717) is 19.4 Å². The van der Waals surface area contributed by atoms with Gasteiger partial charge in [0.1, 0.15) is 0 Å². The minimum atomic E-state index is -0.922. The highest BCUT2D eigenvalue weighted by Gasteiger charge is 2.30. The number of rotatable bonds is 4. The van der Waals surface area contributed by atoms with Gasteiger partial charge in [0.15, 0.2) is 6.10 Å². The van der Waals surface area contributed by atoms with Gasteiger partial charge >= 0.3 is 12.0 Å². The number of ether oxygens (including phenoxy) is 1. The molecule has 2 aliphatic rings. The van der Waals surface area contributed by atoms with E-state index >= 15 is 0 Å². The Bertz CT molecular complexity index is 329. The first-order valence-corrected chi connectivity index (χ1v) is 7.08. The monoisotopic (exact) mass is 270 g/mol. The maximum atomic E-state index is 11.7. The molecule has 3 N–H and O–H groups in total. The van der Waals surface area contributed by atoms with E-state index in [1.54, 1.807) is 0 Å². The maximum absolute atomic E-state index is 11.7. The molecule has 6 heteroatoms. The molecule has 0 bridgehead atoms. The number of aliphatic carboxylic acids is 1. The van der Waals surface area contributed by atoms with Crippen LogP contribution in [0.15, 0.2) is 0 Å². The summed E-state index contributed by atoms with van der Waals surface area (Å²) in [5.41, 5.74) is 0. The van der Waals surface area contributed by atoms with Crippen molar-refractivity contribution < 1.29 is 19.4 Å². The molecule has 6 nitrogen and oxygen atoms in total. The number of carboxylic acid groups (broad SMARTS) is 1. The first-order chi connectivity index (χ1) is 9.15. The van der Waals surface area contributed by atoms with Gasteiger partial charge < -0.3 is 20.5 Å². The molecular weight excluding hydrogens is 248 g/mol. The summed E-state index contributed by atoms with van der Waals surface area (Å²) in [6.45, 7) is 0.377. The molecule has 0 aromatic heterocycles. The fraction of sp³-hybridized carbons (Fsp3) is 0.846. The summed E-state index contributed by atoms with van der Waals surface area (Å²) in [7, 11) is 0. The van der Waals surface area contributed by atoms with Crippen LogP contribution in [0.2, 0.25) is 0 Å². The Morgan fingerprint density at radius 1 is 1.11 bits per heavy atom. The Morgan fingerprint density at radius 3 is 2.47 bits per heavy atom. The van der Waals surface area contributed by atoms with Crippen molar-refractivity contribution in [2.45, 2.75) is 63.2 Å². The molecule has 0 aromatic rings. The third-order valence-corrected chi connectivity index (χ3v) is 3.81. The third kappa shape index (κ3) is 4.38. The number of nitrogens with one attached hydrogen (secondary N) is 2. The van der Waals surface area contributed by atoms with E-state index in [0.717, 1.165) is 12.8 Å². The van der Waals surface area contributed by atoms with Gasteiger partial charge in [-0.05, 0) is 25.7 Å². The molecule has 2 rings (SSSR count). The molecule has 0 radical (unpaired) electrons. The molecule has 1 aliphatic carbocycles. The fourth-order valence-corrected chi connectivity index (χ4v) is 2.73. The van der Waals surface area contributed by atoms with Gasteiger partial charge in [-0.25, -0.2) is 9.59 Å². The van der Waals surface area contributed by atoms with E-state index in [1.165, 1.54) is 19.3 Å². The number of carbonyl (C=O) groups is 2. The smallest absolute Gasteiger partial charge is 0.332 e. The third-order valence-electron chi connectivity index (χ3n) is 3.81. The topological polar surface area (TPSA) is 87.7 Å².